The van der Waals surface area contributed by atoms with Crippen LogP contribution in [0.2, 0.25) is 0 Å². The van der Waals surface area contributed by atoms with Gasteiger partial charge in [-0.25, -0.2) is 0 Å². The summed E-state index contributed by atoms with van der Waals surface area (Å²) >= 11 is 0. The number of aryl methyl sites for hydroxylation is 2. The second-order valence-corrected chi connectivity index (χ2v) is 7.33. The molecule has 1 atom stereocenters. The van der Waals surface area contributed by atoms with Crippen LogP contribution in [0.15, 0.2) is 48.5 Å². The van der Waals surface area contributed by atoms with Crippen molar-refractivity contribution >= 4 is 11.8 Å². The number of nitrogens with one attached hydrogen (secondary N) is 2. The fourth-order valence-electron chi connectivity index (χ4n) is 3.58. The molecule has 3 rings (SSSR count). The maximum atomic E-state index is 12.2. The van der Waals surface area contributed by atoms with E-state index in [0.29, 0.717) is 5.56 Å². The molecule has 2 aromatic carbocycles. The van der Waals surface area contributed by atoms with Crippen molar-refractivity contribution in [2.75, 3.05) is 19.6 Å². The second kappa shape index (κ2) is 8.82. The summed E-state index contributed by atoms with van der Waals surface area (Å²) in [6, 6.07) is 16.2. The lowest BCUT2D eigenvalue weighted by atomic mass is 10.1. The Kier molecular flexibility index (Phi) is 6.24. The lowest BCUT2D eigenvalue weighted by molar-refractivity contribution is -0.120. The van der Waals surface area contributed by atoms with Crippen molar-refractivity contribution in [1.82, 2.24) is 15.5 Å². The molecule has 0 spiro atoms. The van der Waals surface area contributed by atoms with Crippen molar-refractivity contribution in [3.8, 4) is 0 Å². The van der Waals surface area contributed by atoms with Gasteiger partial charge in [0.25, 0.3) is 5.91 Å². The number of carbonyl (C=O) groups is 2. The lowest BCUT2D eigenvalue weighted by Gasteiger charge is -2.17. The van der Waals surface area contributed by atoms with Gasteiger partial charge >= 0.3 is 0 Å². The summed E-state index contributed by atoms with van der Waals surface area (Å²) in [5, 5.41) is 5.74. The minimum absolute atomic E-state index is 0.00100. The molecule has 1 saturated heterocycles. The summed E-state index contributed by atoms with van der Waals surface area (Å²) < 4.78 is 0. The summed E-state index contributed by atoms with van der Waals surface area (Å²) in [5.41, 5.74) is 3.95. The van der Waals surface area contributed by atoms with Crippen LogP contribution in [0.3, 0.4) is 0 Å². The van der Waals surface area contributed by atoms with E-state index < -0.39 is 0 Å². The van der Waals surface area contributed by atoms with E-state index in [1.807, 2.05) is 50.2 Å². The molecule has 0 bridgehead atoms. The Balaban J connectivity index is 1.42. The van der Waals surface area contributed by atoms with E-state index >= 15 is 0 Å². The first-order valence-corrected chi connectivity index (χ1v) is 9.42. The van der Waals surface area contributed by atoms with Crippen LogP contribution < -0.4 is 10.6 Å². The molecular weight excluding hydrogens is 338 g/mol. The molecule has 0 aliphatic carbocycles. The molecule has 5 nitrogen and oxygen atoms in total. The molecule has 2 aromatic rings. The molecule has 1 heterocycles. The van der Waals surface area contributed by atoms with Crippen molar-refractivity contribution in [1.29, 1.82) is 0 Å². The molecule has 2 amide bonds. The van der Waals surface area contributed by atoms with E-state index in [-0.39, 0.29) is 24.4 Å². The largest absolute Gasteiger partial charge is 0.350 e. The Morgan fingerprint density at radius 1 is 1.07 bits per heavy atom. The third-order valence-electron chi connectivity index (χ3n) is 4.78. The van der Waals surface area contributed by atoms with E-state index in [9.17, 15) is 9.59 Å². The van der Waals surface area contributed by atoms with E-state index in [0.717, 1.165) is 37.2 Å². The van der Waals surface area contributed by atoms with Crippen molar-refractivity contribution < 1.29 is 9.59 Å². The van der Waals surface area contributed by atoms with Crippen LogP contribution in [0, 0.1) is 13.8 Å². The topological polar surface area (TPSA) is 61.4 Å². The van der Waals surface area contributed by atoms with E-state index in [1.54, 1.807) is 0 Å². The van der Waals surface area contributed by atoms with Crippen LogP contribution in [0.4, 0.5) is 0 Å². The van der Waals surface area contributed by atoms with Gasteiger partial charge in [-0.1, -0.05) is 47.5 Å². The maximum Gasteiger partial charge on any atom is 0.251 e. The lowest BCUT2D eigenvalue weighted by Crippen LogP contribution is -2.43. The van der Waals surface area contributed by atoms with Crippen molar-refractivity contribution in [2.24, 2.45) is 0 Å². The summed E-state index contributed by atoms with van der Waals surface area (Å²) in [6.07, 6.45) is 0.934. The van der Waals surface area contributed by atoms with Gasteiger partial charge in [-0.3, -0.25) is 14.5 Å². The van der Waals surface area contributed by atoms with Crippen LogP contribution in [0.5, 0.6) is 0 Å². The molecule has 142 valence electrons. The molecule has 0 radical (unpaired) electrons. The first-order chi connectivity index (χ1) is 13.0. The summed E-state index contributed by atoms with van der Waals surface area (Å²) in [6.45, 7) is 6.62. The Morgan fingerprint density at radius 3 is 2.48 bits per heavy atom. The monoisotopic (exact) mass is 365 g/mol. The van der Waals surface area contributed by atoms with Gasteiger partial charge in [0.1, 0.15) is 0 Å². The number of hydrogen-bond donors (Lipinski definition) is 2. The number of likely N-dealkylation sites (tertiary alicyclic amines) is 1. The number of amides is 2. The van der Waals surface area contributed by atoms with Crippen LogP contribution in [0.25, 0.3) is 0 Å². The zero-order chi connectivity index (χ0) is 19.2. The molecule has 1 aliphatic heterocycles. The quantitative estimate of drug-likeness (QED) is 0.826. The van der Waals surface area contributed by atoms with Crippen LogP contribution in [0.1, 0.15) is 33.5 Å². The van der Waals surface area contributed by atoms with Crippen LogP contribution >= 0.6 is 0 Å². The van der Waals surface area contributed by atoms with Crippen LogP contribution in [-0.2, 0) is 11.3 Å². The first-order valence-electron chi connectivity index (χ1n) is 9.42. The average Bonchev–Trinajstić information content (AvgIpc) is 3.06. The Morgan fingerprint density at radius 2 is 1.78 bits per heavy atom. The fraction of sp³-hybridized carbons (Fsp3) is 0.364. The molecule has 0 aromatic heterocycles. The minimum Gasteiger partial charge on any atom is -0.350 e. The molecule has 1 aliphatic rings. The molecular formula is C22H27N3O2. The second-order valence-electron chi connectivity index (χ2n) is 7.33. The van der Waals surface area contributed by atoms with Gasteiger partial charge in [0.15, 0.2) is 0 Å². The van der Waals surface area contributed by atoms with E-state index in [1.165, 1.54) is 5.56 Å². The van der Waals surface area contributed by atoms with Crippen LogP contribution in [-0.4, -0.2) is 42.4 Å². The molecule has 5 heteroatoms. The molecule has 1 fully saturated rings. The highest BCUT2D eigenvalue weighted by Crippen LogP contribution is 2.13. The molecule has 1 unspecified atom stereocenters. The SMILES string of the molecule is Cc1cc(C)cc(C(=O)NCC(=O)NC2CCN(Cc3ccccc3)C2)c1. The third kappa shape index (κ3) is 5.66. The predicted octanol–water partition coefficient (Wildman–Crippen LogP) is 2.42. The van der Waals surface area contributed by atoms with Gasteiger partial charge in [0.2, 0.25) is 5.91 Å². The van der Waals surface area contributed by atoms with Gasteiger partial charge < -0.3 is 10.6 Å². The number of hydrogen-bond acceptors (Lipinski definition) is 3. The summed E-state index contributed by atoms with van der Waals surface area (Å²) in [7, 11) is 0. The maximum absolute atomic E-state index is 12.2. The normalized spacial score (nSPS) is 16.9. The molecule has 0 saturated carbocycles. The van der Waals surface area contributed by atoms with Gasteiger partial charge in [-0.2, -0.15) is 0 Å². The summed E-state index contributed by atoms with van der Waals surface area (Å²) in [5.74, 6) is -0.353. The highest BCUT2D eigenvalue weighted by molar-refractivity contribution is 5.96. The zero-order valence-corrected chi connectivity index (χ0v) is 16.0. The van der Waals surface area contributed by atoms with E-state index in [2.05, 4.69) is 27.7 Å². The van der Waals surface area contributed by atoms with Gasteiger partial charge in [-0.15, -0.1) is 0 Å². The fourth-order valence-corrected chi connectivity index (χ4v) is 3.58. The minimum atomic E-state index is -0.214. The van der Waals surface area contributed by atoms with Crippen molar-refractivity contribution in [2.45, 2.75) is 32.9 Å². The van der Waals surface area contributed by atoms with E-state index in [4.69, 9.17) is 0 Å². The molecule has 2 N–H and O–H groups in total. The highest BCUT2D eigenvalue weighted by atomic mass is 16.2. The van der Waals surface area contributed by atoms with Crippen molar-refractivity contribution in [3.05, 3.63) is 70.8 Å². The highest BCUT2D eigenvalue weighted by Gasteiger charge is 2.23. The molecule has 27 heavy (non-hydrogen) atoms. The number of carbonyl (C=O) groups excluding carboxylic acids is 2. The van der Waals surface area contributed by atoms with Gasteiger partial charge in [0, 0.05) is 31.2 Å². The first kappa shape index (κ1) is 19.1. The predicted molar refractivity (Wildman–Crippen MR) is 107 cm³/mol. The zero-order valence-electron chi connectivity index (χ0n) is 16.0. The average molecular weight is 365 g/mol. The number of rotatable bonds is 6. The number of benzene rings is 2. The Bertz CT molecular complexity index is 784. The third-order valence-corrected chi connectivity index (χ3v) is 4.78. The number of nitrogens with zero attached hydrogens (tertiary/aromatic N) is 1. The standard InChI is InChI=1S/C22H27N3O2/c1-16-10-17(2)12-19(11-16)22(27)23-13-21(26)24-20-8-9-25(15-20)14-18-6-4-3-5-7-18/h3-7,10-12,20H,8-9,13-15H2,1-2H3,(H,23,27)(H,24,26). The van der Waals surface area contributed by atoms with Crippen molar-refractivity contribution in [3.63, 3.8) is 0 Å². The van der Waals surface area contributed by atoms with Gasteiger partial charge in [0.05, 0.1) is 6.54 Å². The van der Waals surface area contributed by atoms with Gasteiger partial charge in [-0.05, 0) is 38.0 Å². The summed E-state index contributed by atoms with van der Waals surface area (Å²) in [4.78, 5) is 26.8. The Labute approximate surface area is 160 Å². The Hall–Kier alpha value is -2.66. The smallest absolute Gasteiger partial charge is 0.251 e.